The maximum atomic E-state index is 9.60. The van der Waals surface area contributed by atoms with E-state index >= 15 is 0 Å². The Morgan fingerprint density at radius 1 is 0.864 bits per heavy atom. The van der Waals surface area contributed by atoms with Crippen molar-refractivity contribution in [3.63, 3.8) is 0 Å². The lowest BCUT2D eigenvalue weighted by molar-refractivity contribution is 1.20. The second-order valence-electron chi connectivity index (χ2n) is 4.95. The van der Waals surface area contributed by atoms with E-state index in [4.69, 9.17) is 0 Å². The molecule has 4 aromatic rings. The van der Waals surface area contributed by atoms with Crippen LogP contribution in [0.3, 0.4) is 0 Å². The average molecular weight is 282 g/mol. The Hall–Kier alpha value is -3.32. The highest BCUT2D eigenvalue weighted by atomic mass is 14.8. The van der Waals surface area contributed by atoms with Crippen LogP contribution < -0.4 is 0 Å². The van der Waals surface area contributed by atoms with Crippen LogP contribution in [-0.2, 0) is 0 Å². The standard InChI is InChI=1S/C18H10N4/c19-8-16-17-13(9-20-11-22-17)10-21-18(16)15-7-3-5-12-4-1-2-6-14(12)15/h1-7,9-11H. The third-order valence-corrected chi connectivity index (χ3v) is 3.70. The van der Waals surface area contributed by atoms with Gasteiger partial charge in [0.05, 0.1) is 11.2 Å². The van der Waals surface area contributed by atoms with Crippen molar-refractivity contribution < 1.29 is 0 Å². The monoisotopic (exact) mass is 282 g/mol. The van der Waals surface area contributed by atoms with Crippen molar-refractivity contribution in [3.8, 4) is 17.3 Å². The predicted octanol–water partition coefficient (Wildman–Crippen LogP) is 3.72. The number of hydrogen-bond acceptors (Lipinski definition) is 4. The largest absolute Gasteiger partial charge is 0.254 e. The fourth-order valence-electron chi connectivity index (χ4n) is 2.70. The lowest BCUT2D eigenvalue weighted by Gasteiger charge is -2.09. The first-order chi connectivity index (χ1) is 10.9. The Kier molecular flexibility index (Phi) is 2.77. The van der Waals surface area contributed by atoms with E-state index in [0.29, 0.717) is 16.8 Å². The van der Waals surface area contributed by atoms with Crippen molar-refractivity contribution in [2.75, 3.05) is 0 Å². The molecule has 0 saturated heterocycles. The zero-order valence-electron chi connectivity index (χ0n) is 11.6. The number of fused-ring (bicyclic) bond motifs is 2. The van der Waals surface area contributed by atoms with Crippen LogP contribution in [0.1, 0.15) is 5.56 Å². The molecule has 0 aliphatic rings. The average Bonchev–Trinajstić information content (AvgIpc) is 2.60. The summed E-state index contributed by atoms with van der Waals surface area (Å²) in [5.41, 5.74) is 2.72. The van der Waals surface area contributed by atoms with Crippen LogP contribution in [0.5, 0.6) is 0 Å². The highest BCUT2D eigenvalue weighted by molar-refractivity contribution is 5.99. The fraction of sp³-hybridized carbons (Fsp3) is 0. The number of benzene rings is 2. The van der Waals surface area contributed by atoms with Crippen molar-refractivity contribution in [1.82, 2.24) is 15.0 Å². The molecule has 4 nitrogen and oxygen atoms in total. The molecule has 0 aliphatic heterocycles. The number of hydrogen-bond donors (Lipinski definition) is 0. The van der Waals surface area contributed by atoms with Gasteiger partial charge in [-0.25, -0.2) is 9.97 Å². The van der Waals surface area contributed by atoms with Crippen LogP contribution in [-0.4, -0.2) is 15.0 Å². The van der Waals surface area contributed by atoms with Gasteiger partial charge >= 0.3 is 0 Å². The van der Waals surface area contributed by atoms with Gasteiger partial charge < -0.3 is 0 Å². The van der Waals surface area contributed by atoms with Crippen molar-refractivity contribution in [1.29, 1.82) is 5.26 Å². The molecule has 0 bridgehead atoms. The molecule has 0 spiro atoms. The zero-order valence-corrected chi connectivity index (χ0v) is 11.6. The summed E-state index contributed by atoms with van der Waals surface area (Å²) in [4.78, 5) is 12.7. The number of rotatable bonds is 1. The zero-order chi connectivity index (χ0) is 14.9. The summed E-state index contributed by atoms with van der Waals surface area (Å²) in [5.74, 6) is 0. The molecular formula is C18H10N4. The first-order valence-corrected chi connectivity index (χ1v) is 6.85. The molecule has 22 heavy (non-hydrogen) atoms. The summed E-state index contributed by atoms with van der Waals surface area (Å²) in [7, 11) is 0. The van der Waals surface area contributed by atoms with Gasteiger partial charge in [-0.2, -0.15) is 5.26 Å². The topological polar surface area (TPSA) is 62.5 Å². The van der Waals surface area contributed by atoms with Gasteiger partial charge in [-0.3, -0.25) is 4.98 Å². The highest BCUT2D eigenvalue weighted by Gasteiger charge is 2.14. The number of pyridine rings is 1. The molecule has 2 heterocycles. The second-order valence-corrected chi connectivity index (χ2v) is 4.95. The van der Waals surface area contributed by atoms with Gasteiger partial charge in [-0.05, 0) is 10.8 Å². The van der Waals surface area contributed by atoms with E-state index in [1.807, 2.05) is 42.5 Å². The smallest absolute Gasteiger partial charge is 0.116 e. The lowest BCUT2D eigenvalue weighted by Crippen LogP contribution is -1.94. The minimum Gasteiger partial charge on any atom is -0.254 e. The van der Waals surface area contributed by atoms with Gasteiger partial charge in [0.25, 0.3) is 0 Å². The van der Waals surface area contributed by atoms with Gasteiger partial charge in [0, 0.05) is 23.3 Å². The number of nitrogens with zero attached hydrogens (tertiary/aromatic N) is 4. The van der Waals surface area contributed by atoms with E-state index in [1.54, 1.807) is 12.4 Å². The van der Waals surface area contributed by atoms with E-state index in [2.05, 4.69) is 21.0 Å². The molecule has 0 N–H and O–H groups in total. The van der Waals surface area contributed by atoms with Crippen molar-refractivity contribution >= 4 is 21.7 Å². The van der Waals surface area contributed by atoms with Gasteiger partial charge in [-0.15, -0.1) is 0 Å². The van der Waals surface area contributed by atoms with Gasteiger partial charge in [0.15, 0.2) is 0 Å². The molecule has 0 unspecified atom stereocenters. The minimum absolute atomic E-state index is 0.483. The second kappa shape index (κ2) is 4.90. The fourth-order valence-corrected chi connectivity index (χ4v) is 2.70. The number of aromatic nitrogens is 3. The molecule has 4 heteroatoms. The molecule has 2 aromatic heterocycles. The normalized spacial score (nSPS) is 10.7. The Balaban J connectivity index is 2.11. The Bertz CT molecular complexity index is 1040. The minimum atomic E-state index is 0.483. The first-order valence-electron chi connectivity index (χ1n) is 6.85. The van der Waals surface area contributed by atoms with Gasteiger partial charge in [-0.1, -0.05) is 42.5 Å². The molecule has 0 radical (unpaired) electrons. The van der Waals surface area contributed by atoms with Crippen molar-refractivity contribution in [2.24, 2.45) is 0 Å². The van der Waals surface area contributed by atoms with E-state index in [9.17, 15) is 5.26 Å². The van der Waals surface area contributed by atoms with Crippen LogP contribution >= 0.6 is 0 Å². The van der Waals surface area contributed by atoms with E-state index in [-0.39, 0.29) is 0 Å². The molecule has 0 aliphatic carbocycles. The molecule has 4 rings (SSSR count). The first kappa shape index (κ1) is 12.4. The summed E-state index contributed by atoms with van der Waals surface area (Å²) >= 11 is 0. The predicted molar refractivity (Wildman–Crippen MR) is 85.0 cm³/mol. The van der Waals surface area contributed by atoms with E-state index in [0.717, 1.165) is 21.7 Å². The third kappa shape index (κ3) is 1.80. The van der Waals surface area contributed by atoms with E-state index in [1.165, 1.54) is 6.33 Å². The van der Waals surface area contributed by atoms with Crippen LogP contribution in [0.25, 0.3) is 32.9 Å². The molecule has 0 fully saturated rings. The van der Waals surface area contributed by atoms with Crippen LogP contribution in [0, 0.1) is 11.3 Å². The van der Waals surface area contributed by atoms with Crippen molar-refractivity contribution in [3.05, 3.63) is 66.7 Å². The van der Waals surface area contributed by atoms with Gasteiger partial charge in [0.1, 0.15) is 18.0 Å². The molecule has 2 aromatic carbocycles. The molecular weight excluding hydrogens is 272 g/mol. The Morgan fingerprint density at radius 3 is 2.64 bits per heavy atom. The quantitative estimate of drug-likeness (QED) is 0.534. The highest BCUT2D eigenvalue weighted by Crippen LogP contribution is 2.31. The van der Waals surface area contributed by atoms with Crippen LogP contribution in [0.15, 0.2) is 61.2 Å². The molecule has 102 valence electrons. The van der Waals surface area contributed by atoms with Crippen molar-refractivity contribution in [2.45, 2.75) is 0 Å². The number of nitriles is 1. The SMILES string of the molecule is N#Cc1c(-c2cccc3ccccc23)ncc2cncnc12. The summed E-state index contributed by atoms with van der Waals surface area (Å²) in [6, 6.07) is 16.3. The maximum Gasteiger partial charge on any atom is 0.116 e. The Labute approximate surface area is 126 Å². The van der Waals surface area contributed by atoms with Crippen LogP contribution in [0.2, 0.25) is 0 Å². The maximum absolute atomic E-state index is 9.60. The summed E-state index contributed by atoms with van der Waals surface area (Å²) in [5, 5.41) is 12.6. The van der Waals surface area contributed by atoms with Crippen LogP contribution in [0.4, 0.5) is 0 Å². The Morgan fingerprint density at radius 2 is 1.73 bits per heavy atom. The summed E-state index contributed by atoms with van der Waals surface area (Å²) in [6.07, 6.45) is 4.84. The van der Waals surface area contributed by atoms with E-state index < -0.39 is 0 Å². The molecule has 0 amide bonds. The summed E-state index contributed by atoms with van der Waals surface area (Å²) < 4.78 is 0. The summed E-state index contributed by atoms with van der Waals surface area (Å²) in [6.45, 7) is 0. The molecule has 0 atom stereocenters. The third-order valence-electron chi connectivity index (χ3n) is 3.70. The lowest BCUT2D eigenvalue weighted by atomic mass is 9.98. The van der Waals surface area contributed by atoms with Gasteiger partial charge in [0.2, 0.25) is 0 Å². The molecule has 0 saturated carbocycles.